The Hall–Kier alpha value is -0.240. The molecule has 1 aliphatic carbocycles. The van der Waals surface area contributed by atoms with Crippen molar-refractivity contribution in [3.8, 4) is 0 Å². The zero-order valence-electron chi connectivity index (χ0n) is 7.48. The van der Waals surface area contributed by atoms with Crippen molar-refractivity contribution in [3.63, 3.8) is 0 Å². The molecule has 1 rings (SSSR count). The Kier molecular flexibility index (Phi) is 3.86. The van der Waals surface area contributed by atoms with Crippen LogP contribution in [0.25, 0.3) is 0 Å². The molecule has 1 N–H and O–H groups in total. The molecule has 1 saturated carbocycles. The van der Waals surface area contributed by atoms with Crippen molar-refractivity contribution >= 4 is 17.5 Å². The molecule has 0 saturated heterocycles. The Morgan fingerprint density at radius 3 is 2.42 bits per heavy atom. The number of hydrogen-bond acceptors (Lipinski definition) is 1. The third kappa shape index (κ3) is 2.37. The molecule has 70 valence electrons. The van der Waals surface area contributed by atoms with E-state index in [-0.39, 0.29) is 11.8 Å². The first-order chi connectivity index (χ1) is 5.77. The molecule has 0 heterocycles. The van der Waals surface area contributed by atoms with E-state index in [9.17, 15) is 4.79 Å². The summed E-state index contributed by atoms with van der Waals surface area (Å²) in [6.07, 6.45) is 4.25. The van der Waals surface area contributed by atoms with Crippen LogP contribution in [0, 0.1) is 11.8 Å². The lowest BCUT2D eigenvalue weighted by Gasteiger charge is -2.25. The quantitative estimate of drug-likeness (QED) is 0.660. The van der Waals surface area contributed by atoms with E-state index in [2.05, 4.69) is 5.32 Å². The van der Waals surface area contributed by atoms with Crippen LogP contribution in [0.5, 0.6) is 0 Å². The first-order valence-electron chi connectivity index (χ1n) is 4.55. The maximum atomic E-state index is 11.2. The second kappa shape index (κ2) is 4.70. The van der Waals surface area contributed by atoms with Crippen molar-refractivity contribution in [2.45, 2.75) is 25.7 Å². The van der Waals surface area contributed by atoms with Gasteiger partial charge >= 0.3 is 0 Å². The van der Waals surface area contributed by atoms with E-state index in [1.807, 2.05) is 0 Å². The summed E-state index contributed by atoms with van der Waals surface area (Å²) in [7, 11) is 1.70. The number of halogens is 1. The number of carbonyl (C=O) groups excluding carboxylic acids is 1. The van der Waals surface area contributed by atoms with Gasteiger partial charge in [-0.25, -0.2) is 0 Å². The van der Waals surface area contributed by atoms with Gasteiger partial charge in [-0.2, -0.15) is 0 Å². The van der Waals surface area contributed by atoms with Gasteiger partial charge in [0.25, 0.3) is 0 Å². The highest BCUT2D eigenvalue weighted by Gasteiger charge is 2.24. The molecule has 0 aromatic heterocycles. The second-order valence-electron chi connectivity index (χ2n) is 3.49. The number of nitrogens with one attached hydrogen (secondary N) is 1. The Labute approximate surface area is 78.7 Å². The summed E-state index contributed by atoms with van der Waals surface area (Å²) < 4.78 is 0. The Morgan fingerprint density at radius 1 is 1.42 bits per heavy atom. The lowest BCUT2D eigenvalue weighted by Crippen LogP contribution is -2.30. The maximum absolute atomic E-state index is 11.2. The van der Waals surface area contributed by atoms with Gasteiger partial charge in [-0.3, -0.25) is 4.79 Å². The molecule has 3 heteroatoms. The minimum absolute atomic E-state index is 0.197. The molecular formula is C9H16ClNO. The van der Waals surface area contributed by atoms with Crippen LogP contribution in [0.3, 0.4) is 0 Å². The van der Waals surface area contributed by atoms with Gasteiger partial charge in [0, 0.05) is 18.8 Å². The standard InChI is InChI=1S/C9H16ClNO/c1-11-9(12)8-4-2-7(6-10)3-5-8/h7-8H,2-6H2,1H3,(H,11,12). The Balaban J connectivity index is 2.30. The van der Waals surface area contributed by atoms with Crippen LogP contribution in [0.1, 0.15) is 25.7 Å². The normalized spacial score (nSPS) is 29.8. The van der Waals surface area contributed by atoms with E-state index in [0.717, 1.165) is 31.6 Å². The molecule has 1 fully saturated rings. The third-order valence-corrected chi connectivity index (χ3v) is 3.12. The van der Waals surface area contributed by atoms with Gasteiger partial charge in [-0.05, 0) is 31.6 Å². The molecule has 0 bridgehead atoms. The summed E-state index contributed by atoms with van der Waals surface area (Å²) in [5, 5.41) is 2.70. The summed E-state index contributed by atoms with van der Waals surface area (Å²) in [4.78, 5) is 11.2. The van der Waals surface area contributed by atoms with Gasteiger partial charge in [0.2, 0.25) is 5.91 Å². The summed E-state index contributed by atoms with van der Waals surface area (Å²) in [5.74, 6) is 1.84. The highest BCUT2D eigenvalue weighted by atomic mass is 35.5. The molecule has 0 unspecified atom stereocenters. The molecule has 0 radical (unpaired) electrons. The largest absolute Gasteiger partial charge is 0.359 e. The van der Waals surface area contributed by atoms with Crippen LogP contribution in [-0.2, 0) is 4.79 Å². The molecule has 1 aliphatic rings. The number of hydrogen-bond donors (Lipinski definition) is 1. The highest BCUT2D eigenvalue weighted by Crippen LogP contribution is 2.29. The summed E-state index contributed by atoms with van der Waals surface area (Å²) in [6.45, 7) is 0. The summed E-state index contributed by atoms with van der Waals surface area (Å²) in [6, 6.07) is 0. The number of amides is 1. The maximum Gasteiger partial charge on any atom is 0.222 e. The van der Waals surface area contributed by atoms with Crippen LogP contribution >= 0.6 is 11.6 Å². The van der Waals surface area contributed by atoms with Gasteiger partial charge in [0.1, 0.15) is 0 Å². The van der Waals surface area contributed by atoms with E-state index in [1.165, 1.54) is 0 Å². The van der Waals surface area contributed by atoms with Gasteiger partial charge in [-0.1, -0.05) is 0 Å². The predicted molar refractivity (Wildman–Crippen MR) is 50.2 cm³/mol. The lowest BCUT2D eigenvalue weighted by atomic mass is 9.82. The van der Waals surface area contributed by atoms with Gasteiger partial charge in [-0.15, -0.1) is 11.6 Å². The molecule has 1 amide bonds. The zero-order valence-corrected chi connectivity index (χ0v) is 8.23. The molecule has 2 nitrogen and oxygen atoms in total. The van der Waals surface area contributed by atoms with E-state index < -0.39 is 0 Å². The number of rotatable bonds is 2. The third-order valence-electron chi connectivity index (χ3n) is 2.68. The monoisotopic (exact) mass is 189 g/mol. The lowest BCUT2D eigenvalue weighted by molar-refractivity contribution is -0.125. The highest BCUT2D eigenvalue weighted by molar-refractivity contribution is 6.18. The Bertz CT molecular complexity index is 153. The van der Waals surface area contributed by atoms with Crippen molar-refractivity contribution in [2.24, 2.45) is 11.8 Å². The van der Waals surface area contributed by atoms with Crippen molar-refractivity contribution < 1.29 is 4.79 Å². The number of alkyl halides is 1. The van der Waals surface area contributed by atoms with Crippen LogP contribution in [0.4, 0.5) is 0 Å². The summed E-state index contributed by atoms with van der Waals surface area (Å²) in [5.41, 5.74) is 0. The average Bonchev–Trinajstić information content (AvgIpc) is 2.17. The molecule has 12 heavy (non-hydrogen) atoms. The molecule has 0 atom stereocenters. The fraction of sp³-hybridized carbons (Fsp3) is 0.889. The van der Waals surface area contributed by atoms with Gasteiger partial charge in [0.15, 0.2) is 0 Å². The molecule has 0 aliphatic heterocycles. The SMILES string of the molecule is CNC(=O)C1CCC(CCl)CC1. The summed E-state index contributed by atoms with van der Waals surface area (Å²) >= 11 is 5.74. The first-order valence-corrected chi connectivity index (χ1v) is 5.09. The van der Waals surface area contributed by atoms with Crippen molar-refractivity contribution in [1.29, 1.82) is 0 Å². The van der Waals surface area contributed by atoms with Gasteiger partial charge in [0.05, 0.1) is 0 Å². The Morgan fingerprint density at radius 2 is 2.00 bits per heavy atom. The van der Waals surface area contributed by atoms with Crippen molar-refractivity contribution in [2.75, 3.05) is 12.9 Å². The van der Waals surface area contributed by atoms with Crippen LogP contribution in [-0.4, -0.2) is 18.8 Å². The fourth-order valence-electron chi connectivity index (χ4n) is 1.78. The van der Waals surface area contributed by atoms with E-state index in [4.69, 9.17) is 11.6 Å². The predicted octanol–water partition coefficient (Wildman–Crippen LogP) is 1.78. The second-order valence-corrected chi connectivity index (χ2v) is 3.79. The topological polar surface area (TPSA) is 29.1 Å². The van der Waals surface area contributed by atoms with Crippen LogP contribution < -0.4 is 5.32 Å². The van der Waals surface area contributed by atoms with E-state index >= 15 is 0 Å². The van der Waals surface area contributed by atoms with Crippen LogP contribution in [0.15, 0.2) is 0 Å². The van der Waals surface area contributed by atoms with E-state index in [0.29, 0.717) is 5.92 Å². The average molecular weight is 190 g/mol. The fourth-order valence-corrected chi connectivity index (χ4v) is 2.09. The van der Waals surface area contributed by atoms with Crippen LogP contribution in [0.2, 0.25) is 0 Å². The first kappa shape index (κ1) is 9.85. The van der Waals surface area contributed by atoms with Crippen molar-refractivity contribution in [1.82, 2.24) is 5.32 Å². The molecular weight excluding hydrogens is 174 g/mol. The smallest absolute Gasteiger partial charge is 0.222 e. The van der Waals surface area contributed by atoms with Gasteiger partial charge < -0.3 is 5.32 Å². The van der Waals surface area contributed by atoms with Crippen molar-refractivity contribution in [3.05, 3.63) is 0 Å². The molecule has 0 aromatic rings. The minimum atomic E-state index is 0.197. The molecule has 0 spiro atoms. The minimum Gasteiger partial charge on any atom is -0.359 e. The zero-order chi connectivity index (χ0) is 8.97. The van der Waals surface area contributed by atoms with E-state index in [1.54, 1.807) is 7.05 Å². The molecule has 0 aromatic carbocycles. The number of carbonyl (C=O) groups is 1.